The Hall–Kier alpha value is -0.110. The second kappa shape index (κ2) is 7.06. The zero-order chi connectivity index (χ0) is 15.3. The van der Waals surface area contributed by atoms with Crippen LogP contribution in [0.4, 0.5) is 26.3 Å². The molecular formula is C11H19F6NS. The molecule has 0 aliphatic heterocycles. The van der Waals surface area contributed by atoms with Gasteiger partial charge in [-0.3, -0.25) is 0 Å². The standard InChI is InChI=1S/C11H19F6NS/c1-8(2)9(10(12,13)14,11(15,16)17)5-3-4-6-19-7-18/h8H,3-7,18H2,1-2H3. The van der Waals surface area contributed by atoms with E-state index in [1.807, 2.05) is 0 Å². The van der Waals surface area contributed by atoms with Crippen LogP contribution in [0.2, 0.25) is 0 Å². The first-order valence-corrected chi connectivity index (χ1v) is 7.07. The molecule has 0 fully saturated rings. The number of unbranched alkanes of at least 4 members (excludes halogenated alkanes) is 1. The normalized spacial score (nSPS) is 14.2. The summed E-state index contributed by atoms with van der Waals surface area (Å²) in [6.45, 7) is 1.94. The summed E-state index contributed by atoms with van der Waals surface area (Å²) in [5.74, 6) is -0.761. The van der Waals surface area contributed by atoms with E-state index >= 15 is 0 Å². The van der Waals surface area contributed by atoms with Crippen molar-refractivity contribution in [3.05, 3.63) is 0 Å². The average Bonchev–Trinajstić information content (AvgIpc) is 2.18. The number of halogens is 6. The van der Waals surface area contributed by atoms with E-state index in [9.17, 15) is 26.3 Å². The maximum atomic E-state index is 13.0. The lowest BCUT2D eigenvalue weighted by Crippen LogP contribution is -2.53. The molecule has 0 heterocycles. The lowest BCUT2D eigenvalue weighted by Gasteiger charge is -2.40. The molecule has 8 heteroatoms. The molecule has 0 aliphatic carbocycles. The third-order valence-electron chi connectivity index (χ3n) is 3.22. The predicted molar refractivity (Wildman–Crippen MR) is 64.7 cm³/mol. The maximum Gasteiger partial charge on any atom is 0.403 e. The zero-order valence-corrected chi connectivity index (χ0v) is 11.7. The highest BCUT2D eigenvalue weighted by Gasteiger charge is 2.71. The van der Waals surface area contributed by atoms with Gasteiger partial charge in [-0.15, -0.1) is 11.8 Å². The van der Waals surface area contributed by atoms with E-state index < -0.39 is 30.1 Å². The minimum atomic E-state index is -5.29. The van der Waals surface area contributed by atoms with Gasteiger partial charge < -0.3 is 5.73 Å². The van der Waals surface area contributed by atoms with Crippen molar-refractivity contribution in [3.63, 3.8) is 0 Å². The summed E-state index contributed by atoms with van der Waals surface area (Å²) < 4.78 is 77.7. The van der Waals surface area contributed by atoms with Crippen LogP contribution in [0.15, 0.2) is 0 Å². The van der Waals surface area contributed by atoms with Crippen molar-refractivity contribution in [3.8, 4) is 0 Å². The Bertz CT molecular complexity index is 247. The highest BCUT2D eigenvalue weighted by molar-refractivity contribution is 7.99. The minimum Gasteiger partial charge on any atom is -0.322 e. The molecule has 0 saturated carbocycles. The summed E-state index contributed by atoms with van der Waals surface area (Å²) in [6.07, 6.45) is -11.3. The lowest BCUT2D eigenvalue weighted by molar-refractivity contribution is -0.358. The molecule has 0 spiro atoms. The van der Waals surface area contributed by atoms with Gasteiger partial charge in [-0.05, 0) is 24.5 Å². The van der Waals surface area contributed by atoms with Crippen LogP contribution < -0.4 is 5.73 Å². The molecule has 0 radical (unpaired) electrons. The molecule has 0 aliphatic rings. The Morgan fingerprint density at radius 2 is 1.42 bits per heavy atom. The summed E-state index contributed by atoms with van der Waals surface area (Å²) in [6, 6.07) is 0. The fourth-order valence-electron chi connectivity index (χ4n) is 2.08. The molecular weight excluding hydrogens is 292 g/mol. The first-order chi connectivity index (χ1) is 8.50. The summed E-state index contributed by atoms with van der Waals surface area (Å²) >= 11 is 1.30. The van der Waals surface area contributed by atoms with Crippen LogP contribution in [0.5, 0.6) is 0 Å². The third-order valence-corrected chi connectivity index (χ3v) is 4.04. The third kappa shape index (κ3) is 4.44. The Balaban J connectivity index is 4.96. The maximum absolute atomic E-state index is 13.0. The average molecular weight is 311 g/mol. The second-order valence-corrected chi connectivity index (χ2v) is 5.80. The smallest absolute Gasteiger partial charge is 0.322 e. The van der Waals surface area contributed by atoms with E-state index in [1.54, 1.807) is 0 Å². The van der Waals surface area contributed by atoms with Crippen molar-refractivity contribution >= 4 is 11.8 Å². The fraction of sp³-hybridized carbons (Fsp3) is 1.00. The molecule has 0 bridgehead atoms. The van der Waals surface area contributed by atoms with Crippen LogP contribution in [0, 0.1) is 11.3 Å². The zero-order valence-electron chi connectivity index (χ0n) is 10.9. The van der Waals surface area contributed by atoms with Gasteiger partial charge in [-0.1, -0.05) is 20.3 Å². The van der Waals surface area contributed by atoms with Crippen LogP contribution in [-0.2, 0) is 0 Å². The van der Waals surface area contributed by atoms with Crippen LogP contribution >= 0.6 is 11.8 Å². The van der Waals surface area contributed by atoms with Crippen LogP contribution in [0.25, 0.3) is 0 Å². The Morgan fingerprint density at radius 1 is 0.947 bits per heavy atom. The largest absolute Gasteiger partial charge is 0.403 e. The Morgan fingerprint density at radius 3 is 1.74 bits per heavy atom. The van der Waals surface area contributed by atoms with Gasteiger partial charge in [-0.2, -0.15) is 26.3 Å². The number of hydrogen-bond acceptors (Lipinski definition) is 2. The predicted octanol–water partition coefficient (Wildman–Crippen LogP) is 4.57. The van der Waals surface area contributed by atoms with Gasteiger partial charge in [0.25, 0.3) is 0 Å². The summed E-state index contributed by atoms with van der Waals surface area (Å²) in [5.41, 5.74) is 1.57. The highest BCUT2D eigenvalue weighted by Crippen LogP contribution is 2.57. The van der Waals surface area contributed by atoms with E-state index in [1.165, 1.54) is 11.8 Å². The number of nitrogens with two attached hydrogens (primary N) is 1. The van der Waals surface area contributed by atoms with Gasteiger partial charge in [0.1, 0.15) is 0 Å². The number of hydrogen-bond donors (Lipinski definition) is 1. The van der Waals surface area contributed by atoms with E-state index in [-0.39, 0.29) is 6.42 Å². The highest BCUT2D eigenvalue weighted by atomic mass is 32.2. The van der Waals surface area contributed by atoms with E-state index in [2.05, 4.69) is 0 Å². The van der Waals surface area contributed by atoms with Gasteiger partial charge in [0, 0.05) is 5.88 Å². The van der Waals surface area contributed by atoms with Crippen molar-refractivity contribution in [1.29, 1.82) is 0 Å². The van der Waals surface area contributed by atoms with Crippen LogP contribution in [0.1, 0.15) is 33.1 Å². The first-order valence-electron chi connectivity index (χ1n) is 5.92. The first kappa shape index (κ1) is 18.9. The van der Waals surface area contributed by atoms with E-state index in [0.29, 0.717) is 18.1 Å². The topological polar surface area (TPSA) is 26.0 Å². The van der Waals surface area contributed by atoms with Crippen LogP contribution in [0.3, 0.4) is 0 Å². The SMILES string of the molecule is CC(C)C(CCCCSCN)(C(F)(F)F)C(F)(F)F. The fourth-order valence-corrected chi connectivity index (χ4v) is 2.65. The number of alkyl halides is 6. The second-order valence-electron chi connectivity index (χ2n) is 4.65. The van der Waals surface area contributed by atoms with Crippen LogP contribution in [-0.4, -0.2) is 24.0 Å². The molecule has 1 nitrogen and oxygen atoms in total. The summed E-state index contributed by atoms with van der Waals surface area (Å²) in [4.78, 5) is 0. The Labute approximate surface area is 113 Å². The molecule has 0 unspecified atom stereocenters. The van der Waals surface area contributed by atoms with Gasteiger partial charge in [0.05, 0.1) is 0 Å². The van der Waals surface area contributed by atoms with Crippen molar-refractivity contribution in [1.82, 2.24) is 0 Å². The van der Waals surface area contributed by atoms with Gasteiger partial charge in [0.2, 0.25) is 0 Å². The molecule has 0 rings (SSSR count). The quantitative estimate of drug-likeness (QED) is 0.423. The Kier molecular flexibility index (Phi) is 7.02. The van der Waals surface area contributed by atoms with Gasteiger partial charge >= 0.3 is 12.4 Å². The molecule has 0 aromatic rings. The summed E-state index contributed by atoms with van der Waals surface area (Å²) in [7, 11) is 0. The number of thioether (sulfide) groups is 1. The summed E-state index contributed by atoms with van der Waals surface area (Å²) in [5, 5.41) is 0. The van der Waals surface area contributed by atoms with E-state index in [4.69, 9.17) is 5.73 Å². The molecule has 19 heavy (non-hydrogen) atoms. The van der Waals surface area contributed by atoms with Gasteiger partial charge in [-0.25, -0.2) is 0 Å². The molecule has 0 saturated heterocycles. The van der Waals surface area contributed by atoms with Crippen molar-refractivity contribution in [2.45, 2.75) is 45.5 Å². The number of rotatable bonds is 7. The molecule has 116 valence electrons. The van der Waals surface area contributed by atoms with Crippen molar-refractivity contribution < 1.29 is 26.3 Å². The van der Waals surface area contributed by atoms with E-state index in [0.717, 1.165) is 13.8 Å². The van der Waals surface area contributed by atoms with Gasteiger partial charge in [0.15, 0.2) is 5.41 Å². The monoisotopic (exact) mass is 311 g/mol. The minimum absolute atomic E-state index is 0.121. The molecule has 0 atom stereocenters. The van der Waals surface area contributed by atoms with Crippen molar-refractivity contribution in [2.75, 3.05) is 11.6 Å². The molecule has 0 aromatic heterocycles. The molecule has 0 aromatic carbocycles. The lowest BCUT2D eigenvalue weighted by atomic mass is 9.72. The molecule has 0 amide bonds. The molecule has 2 N–H and O–H groups in total. The van der Waals surface area contributed by atoms with Crippen molar-refractivity contribution in [2.24, 2.45) is 17.1 Å².